The van der Waals surface area contributed by atoms with Gasteiger partial charge < -0.3 is 0 Å². The van der Waals surface area contributed by atoms with E-state index < -0.39 is 8.07 Å². The minimum atomic E-state index is -0.832. The predicted octanol–water partition coefficient (Wildman–Crippen LogP) is 11.7. The Kier molecular flexibility index (Phi) is 24.0. The second kappa shape index (κ2) is 23.9. The van der Waals surface area contributed by atoms with E-state index in [1.165, 1.54) is 153 Å². The first-order valence-electron chi connectivity index (χ1n) is 14.7. The van der Waals surface area contributed by atoms with Crippen LogP contribution in [0.15, 0.2) is 0 Å². The molecule has 0 rings (SSSR count). The SMILES string of the molecule is CCCCCCCCCCCCCCCCCCCCCCC[Si](CC)(CC)CC. The van der Waals surface area contributed by atoms with Crippen molar-refractivity contribution in [2.45, 2.75) is 187 Å². The molecule has 182 valence electrons. The Hall–Kier alpha value is 0.217. The third-order valence-corrected chi connectivity index (χ3v) is 14.0. The predicted molar refractivity (Wildman–Crippen MR) is 145 cm³/mol. The zero-order valence-corrected chi connectivity index (χ0v) is 23.2. The number of hydrogen-bond acceptors (Lipinski definition) is 0. The molecule has 0 aliphatic heterocycles. The van der Waals surface area contributed by atoms with E-state index in [2.05, 4.69) is 27.7 Å². The van der Waals surface area contributed by atoms with Gasteiger partial charge in [0.05, 0.1) is 8.07 Å². The largest absolute Gasteiger partial charge is 0.0678 e. The lowest BCUT2D eigenvalue weighted by Crippen LogP contribution is -2.30. The van der Waals surface area contributed by atoms with E-state index in [9.17, 15) is 0 Å². The van der Waals surface area contributed by atoms with E-state index >= 15 is 0 Å². The molecule has 0 unspecified atom stereocenters. The van der Waals surface area contributed by atoms with E-state index in [1.54, 1.807) is 6.04 Å². The highest BCUT2D eigenvalue weighted by molar-refractivity contribution is 6.79. The van der Waals surface area contributed by atoms with Gasteiger partial charge in [0.1, 0.15) is 0 Å². The fraction of sp³-hybridized carbons (Fsp3) is 1.00. The van der Waals surface area contributed by atoms with Crippen LogP contribution in [0, 0.1) is 0 Å². The van der Waals surface area contributed by atoms with Crippen LogP contribution < -0.4 is 0 Å². The number of unbranched alkanes of at least 4 members (excludes halogenated alkanes) is 20. The van der Waals surface area contributed by atoms with Gasteiger partial charge in [-0.2, -0.15) is 0 Å². The lowest BCUT2D eigenvalue weighted by molar-refractivity contribution is 0.521. The van der Waals surface area contributed by atoms with Crippen LogP contribution in [0.2, 0.25) is 24.2 Å². The van der Waals surface area contributed by atoms with Crippen LogP contribution in [0.25, 0.3) is 0 Å². The van der Waals surface area contributed by atoms with Gasteiger partial charge in [0.25, 0.3) is 0 Å². The standard InChI is InChI=1S/C29H62Si/c1-5-9-10-11-12-13-14-15-16-17-18-19-20-21-22-23-24-25-26-27-28-29-30(6-2,7-3)8-4/h5-29H2,1-4H3. The molecule has 0 aromatic heterocycles. The molecule has 0 aromatic carbocycles. The van der Waals surface area contributed by atoms with Crippen LogP contribution in [0.3, 0.4) is 0 Å². The zero-order chi connectivity index (χ0) is 22.2. The highest BCUT2D eigenvalue weighted by atomic mass is 28.3. The topological polar surface area (TPSA) is 0 Å². The van der Waals surface area contributed by atoms with Crippen LogP contribution in [-0.4, -0.2) is 8.07 Å². The summed E-state index contributed by atoms with van der Waals surface area (Å²) in [5, 5.41) is 0. The summed E-state index contributed by atoms with van der Waals surface area (Å²) in [7, 11) is -0.832. The molecule has 0 nitrogen and oxygen atoms in total. The van der Waals surface area contributed by atoms with Crippen molar-refractivity contribution < 1.29 is 0 Å². The van der Waals surface area contributed by atoms with E-state index in [1.807, 2.05) is 0 Å². The molecule has 0 spiro atoms. The van der Waals surface area contributed by atoms with Crippen molar-refractivity contribution in [2.75, 3.05) is 0 Å². The molecule has 0 saturated carbocycles. The first-order chi connectivity index (χ1) is 14.7. The van der Waals surface area contributed by atoms with Crippen LogP contribution >= 0.6 is 0 Å². The molecule has 0 N–H and O–H groups in total. The van der Waals surface area contributed by atoms with Crippen molar-refractivity contribution in [3.05, 3.63) is 0 Å². The average molecular weight is 439 g/mol. The fourth-order valence-electron chi connectivity index (χ4n) is 5.21. The van der Waals surface area contributed by atoms with Crippen molar-refractivity contribution in [2.24, 2.45) is 0 Å². The lowest BCUT2D eigenvalue weighted by atomic mass is 10.0. The van der Waals surface area contributed by atoms with Gasteiger partial charge in [-0.05, 0) is 0 Å². The minimum absolute atomic E-state index is 0.832. The van der Waals surface area contributed by atoms with Gasteiger partial charge in [0, 0.05) is 0 Å². The smallest absolute Gasteiger partial charge is 0.0527 e. The molecule has 1 heteroatoms. The lowest BCUT2D eigenvalue weighted by Gasteiger charge is -2.28. The number of rotatable bonds is 25. The molecule has 0 radical (unpaired) electrons. The Morgan fingerprint density at radius 3 is 0.767 bits per heavy atom. The van der Waals surface area contributed by atoms with Gasteiger partial charge in [-0.1, -0.05) is 187 Å². The summed E-state index contributed by atoms with van der Waals surface area (Å²) in [5.74, 6) is 0. The summed E-state index contributed by atoms with van der Waals surface area (Å²) in [6.07, 6.45) is 31.2. The third-order valence-electron chi connectivity index (χ3n) is 8.06. The quantitative estimate of drug-likeness (QED) is 0.0981. The van der Waals surface area contributed by atoms with Crippen molar-refractivity contribution >= 4 is 8.07 Å². The molecule has 0 bridgehead atoms. The molecule has 0 aliphatic carbocycles. The van der Waals surface area contributed by atoms with Gasteiger partial charge >= 0.3 is 0 Å². The summed E-state index contributed by atoms with van der Waals surface area (Å²) in [6, 6.07) is 6.15. The van der Waals surface area contributed by atoms with Gasteiger partial charge in [0.2, 0.25) is 0 Å². The molecule has 0 aliphatic rings. The Bertz CT molecular complexity index is 299. The Balaban J connectivity index is 3.16. The highest BCUT2D eigenvalue weighted by Crippen LogP contribution is 2.27. The molecule has 0 atom stereocenters. The summed E-state index contributed by atoms with van der Waals surface area (Å²) < 4.78 is 0. The van der Waals surface area contributed by atoms with Crippen LogP contribution in [0.5, 0.6) is 0 Å². The first kappa shape index (κ1) is 30.2. The Labute approximate surface area is 194 Å². The van der Waals surface area contributed by atoms with Gasteiger partial charge in [-0.25, -0.2) is 0 Å². The molecule has 0 fully saturated rings. The monoisotopic (exact) mass is 438 g/mol. The van der Waals surface area contributed by atoms with Crippen molar-refractivity contribution in [3.8, 4) is 0 Å². The van der Waals surface area contributed by atoms with Crippen LogP contribution in [-0.2, 0) is 0 Å². The second-order valence-electron chi connectivity index (χ2n) is 10.4. The fourth-order valence-corrected chi connectivity index (χ4v) is 8.77. The van der Waals surface area contributed by atoms with Gasteiger partial charge in [-0.15, -0.1) is 0 Å². The Morgan fingerprint density at radius 2 is 0.533 bits per heavy atom. The highest BCUT2D eigenvalue weighted by Gasteiger charge is 2.25. The van der Waals surface area contributed by atoms with Crippen LogP contribution in [0.4, 0.5) is 0 Å². The maximum atomic E-state index is 2.45. The molecular weight excluding hydrogens is 376 g/mol. The van der Waals surface area contributed by atoms with Crippen molar-refractivity contribution in [3.63, 3.8) is 0 Å². The van der Waals surface area contributed by atoms with Crippen molar-refractivity contribution in [1.29, 1.82) is 0 Å². The molecule has 0 amide bonds. The summed E-state index contributed by atoms with van der Waals surface area (Å²) >= 11 is 0. The van der Waals surface area contributed by atoms with Crippen LogP contribution in [0.1, 0.15) is 163 Å². The van der Waals surface area contributed by atoms with Crippen molar-refractivity contribution in [1.82, 2.24) is 0 Å². The summed E-state index contributed by atoms with van der Waals surface area (Å²) in [6.45, 7) is 9.67. The minimum Gasteiger partial charge on any atom is -0.0678 e. The van der Waals surface area contributed by atoms with E-state index in [0.717, 1.165) is 0 Å². The number of hydrogen-bond donors (Lipinski definition) is 0. The van der Waals surface area contributed by atoms with E-state index in [0.29, 0.717) is 0 Å². The van der Waals surface area contributed by atoms with E-state index in [4.69, 9.17) is 0 Å². The summed E-state index contributed by atoms with van der Waals surface area (Å²) in [5.41, 5.74) is 0. The summed E-state index contributed by atoms with van der Waals surface area (Å²) in [4.78, 5) is 0. The molecule has 0 heterocycles. The normalized spacial score (nSPS) is 12.0. The maximum absolute atomic E-state index is 2.45. The molecule has 0 aromatic rings. The first-order valence-corrected chi connectivity index (χ1v) is 17.6. The molecule has 30 heavy (non-hydrogen) atoms. The second-order valence-corrected chi connectivity index (χ2v) is 16.0. The van der Waals surface area contributed by atoms with E-state index in [-0.39, 0.29) is 0 Å². The van der Waals surface area contributed by atoms with Gasteiger partial charge in [-0.3, -0.25) is 0 Å². The average Bonchev–Trinajstić information content (AvgIpc) is 2.78. The Morgan fingerprint density at radius 1 is 0.300 bits per heavy atom. The van der Waals surface area contributed by atoms with Gasteiger partial charge in [0.15, 0.2) is 0 Å². The molecular formula is C29H62Si. The third kappa shape index (κ3) is 18.9. The zero-order valence-electron chi connectivity index (χ0n) is 22.2. The molecule has 0 saturated heterocycles. The maximum Gasteiger partial charge on any atom is 0.0527 e.